The number of thiazole rings is 1. The molecule has 0 unspecified atom stereocenters. The van der Waals surface area contributed by atoms with Crippen LogP contribution in [0.3, 0.4) is 0 Å². The number of aromatic nitrogens is 1. The van der Waals surface area contributed by atoms with E-state index in [1.54, 1.807) is 37.7 Å². The summed E-state index contributed by atoms with van der Waals surface area (Å²) in [5.41, 5.74) is 2.55. The molecule has 0 radical (unpaired) electrons. The number of hydrogen-bond acceptors (Lipinski definition) is 6. The lowest BCUT2D eigenvalue weighted by atomic mass is 10.2. The number of hydrogen-bond donors (Lipinski definition) is 0. The maximum Gasteiger partial charge on any atom is 0.170 e. The molecule has 2 aromatic carbocycles. The summed E-state index contributed by atoms with van der Waals surface area (Å²) in [7, 11) is 3.28. The average molecular weight is 462 g/mol. The molecule has 0 spiro atoms. The van der Waals surface area contributed by atoms with Crippen molar-refractivity contribution in [3.05, 3.63) is 63.9 Å². The number of para-hydroxylation sites is 1. The molecule has 1 saturated heterocycles. The highest BCUT2D eigenvalue weighted by Crippen LogP contribution is 2.39. The standard InChI is InChI=1S/C23H25ClFN3O2S/c1-29-21-8-3-5-17(22(21)30-2)23-26-16(15-31-23)13-27-9-11-28(12-10-27)14-18-19(24)6-4-7-20(18)25/h3-8,15H,9-14H2,1-2H3. The molecule has 2 heterocycles. The highest BCUT2D eigenvalue weighted by atomic mass is 35.5. The number of halogens is 2. The van der Waals surface area contributed by atoms with Crippen LogP contribution in [0.15, 0.2) is 41.8 Å². The van der Waals surface area contributed by atoms with Gasteiger partial charge >= 0.3 is 0 Å². The van der Waals surface area contributed by atoms with Crippen molar-refractivity contribution in [1.82, 2.24) is 14.8 Å². The van der Waals surface area contributed by atoms with Crippen LogP contribution in [-0.2, 0) is 13.1 Å². The maximum atomic E-state index is 14.1. The van der Waals surface area contributed by atoms with Crippen LogP contribution in [0.1, 0.15) is 11.3 Å². The van der Waals surface area contributed by atoms with Crippen molar-refractivity contribution in [2.45, 2.75) is 13.1 Å². The monoisotopic (exact) mass is 461 g/mol. The summed E-state index contributed by atoms with van der Waals surface area (Å²) >= 11 is 7.78. The van der Waals surface area contributed by atoms with E-state index in [4.69, 9.17) is 26.1 Å². The number of piperazine rings is 1. The maximum absolute atomic E-state index is 14.1. The molecule has 0 amide bonds. The molecule has 0 atom stereocenters. The summed E-state index contributed by atoms with van der Waals surface area (Å²) in [4.78, 5) is 9.45. The van der Waals surface area contributed by atoms with E-state index in [2.05, 4.69) is 15.2 Å². The van der Waals surface area contributed by atoms with Gasteiger partial charge in [0.15, 0.2) is 11.5 Å². The minimum atomic E-state index is -0.238. The van der Waals surface area contributed by atoms with E-state index in [9.17, 15) is 4.39 Å². The van der Waals surface area contributed by atoms with Gasteiger partial charge in [0.2, 0.25) is 0 Å². The molecule has 164 valence electrons. The third-order valence-electron chi connectivity index (χ3n) is 5.48. The fourth-order valence-electron chi connectivity index (χ4n) is 3.80. The quantitative estimate of drug-likeness (QED) is 0.498. The summed E-state index contributed by atoms with van der Waals surface area (Å²) in [6.45, 7) is 4.87. The molecule has 1 aromatic heterocycles. The molecule has 0 N–H and O–H groups in total. The molecule has 1 aliphatic heterocycles. The molecule has 4 rings (SSSR count). The minimum Gasteiger partial charge on any atom is -0.493 e. The SMILES string of the molecule is COc1cccc(-c2nc(CN3CCN(Cc4c(F)cccc4Cl)CC3)cs2)c1OC. The number of ether oxygens (including phenoxy) is 2. The Morgan fingerprint density at radius 1 is 1.00 bits per heavy atom. The van der Waals surface area contributed by atoms with Crippen LogP contribution >= 0.6 is 22.9 Å². The van der Waals surface area contributed by atoms with E-state index in [0.29, 0.717) is 28.6 Å². The molecule has 0 saturated carbocycles. The highest BCUT2D eigenvalue weighted by molar-refractivity contribution is 7.13. The van der Waals surface area contributed by atoms with Gasteiger partial charge in [-0.1, -0.05) is 23.7 Å². The highest BCUT2D eigenvalue weighted by Gasteiger charge is 2.21. The minimum absolute atomic E-state index is 0.238. The molecule has 0 aliphatic carbocycles. The van der Waals surface area contributed by atoms with Crippen LogP contribution in [0.4, 0.5) is 4.39 Å². The van der Waals surface area contributed by atoms with Crippen molar-refractivity contribution in [2.75, 3.05) is 40.4 Å². The van der Waals surface area contributed by atoms with Gasteiger partial charge < -0.3 is 9.47 Å². The van der Waals surface area contributed by atoms with Gasteiger partial charge in [0.1, 0.15) is 10.8 Å². The van der Waals surface area contributed by atoms with Crippen molar-refractivity contribution in [3.63, 3.8) is 0 Å². The zero-order valence-corrected chi connectivity index (χ0v) is 19.2. The van der Waals surface area contributed by atoms with Crippen molar-refractivity contribution in [2.24, 2.45) is 0 Å². The molecule has 0 bridgehead atoms. The van der Waals surface area contributed by atoms with Gasteiger partial charge in [-0.3, -0.25) is 9.80 Å². The lowest BCUT2D eigenvalue weighted by molar-refractivity contribution is 0.120. The molecule has 1 fully saturated rings. The van der Waals surface area contributed by atoms with Gasteiger partial charge in [0.25, 0.3) is 0 Å². The van der Waals surface area contributed by atoms with Crippen LogP contribution in [-0.4, -0.2) is 55.2 Å². The Bertz CT molecular complexity index is 1020. The third kappa shape index (κ3) is 5.01. The number of nitrogens with zero attached hydrogens (tertiary/aromatic N) is 3. The van der Waals surface area contributed by atoms with Crippen molar-refractivity contribution in [3.8, 4) is 22.1 Å². The van der Waals surface area contributed by atoms with E-state index in [-0.39, 0.29) is 5.82 Å². The molecule has 3 aromatic rings. The van der Waals surface area contributed by atoms with Crippen molar-refractivity contribution >= 4 is 22.9 Å². The molecular formula is C23H25ClFN3O2S. The Labute approximate surface area is 191 Å². The Balaban J connectivity index is 1.37. The molecular weight excluding hydrogens is 437 g/mol. The smallest absolute Gasteiger partial charge is 0.170 e. The second kappa shape index (κ2) is 9.96. The van der Waals surface area contributed by atoms with E-state index in [0.717, 1.165) is 49.0 Å². The summed E-state index contributed by atoms with van der Waals surface area (Å²) in [5, 5.41) is 3.50. The summed E-state index contributed by atoms with van der Waals surface area (Å²) < 4.78 is 25.0. The second-order valence-electron chi connectivity index (χ2n) is 7.44. The number of rotatable bonds is 7. The van der Waals surface area contributed by atoms with Crippen LogP contribution in [0, 0.1) is 5.82 Å². The fraction of sp³-hybridized carbons (Fsp3) is 0.348. The van der Waals surface area contributed by atoms with E-state index < -0.39 is 0 Å². The van der Waals surface area contributed by atoms with Gasteiger partial charge in [0.05, 0.1) is 25.5 Å². The van der Waals surface area contributed by atoms with Gasteiger partial charge in [-0.2, -0.15) is 0 Å². The van der Waals surface area contributed by atoms with E-state index in [1.807, 2.05) is 18.2 Å². The third-order valence-corrected chi connectivity index (χ3v) is 6.76. The Morgan fingerprint density at radius 2 is 1.71 bits per heavy atom. The van der Waals surface area contributed by atoms with Crippen LogP contribution in [0.25, 0.3) is 10.6 Å². The normalized spacial score (nSPS) is 15.2. The Hall–Kier alpha value is -2.19. The average Bonchev–Trinajstić information content (AvgIpc) is 3.25. The van der Waals surface area contributed by atoms with E-state index >= 15 is 0 Å². The molecule has 5 nitrogen and oxygen atoms in total. The fourth-order valence-corrected chi connectivity index (χ4v) is 4.86. The van der Waals surface area contributed by atoms with Crippen molar-refractivity contribution in [1.29, 1.82) is 0 Å². The van der Waals surface area contributed by atoms with Crippen LogP contribution < -0.4 is 9.47 Å². The summed E-state index contributed by atoms with van der Waals surface area (Å²) in [5.74, 6) is 1.16. The van der Waals surface area contributed by atoms with E-state index in [1.165, 1.54) is 6.07 Å². The number of methoxy groups -OCH3 is 2. The number of benzene rings is 2. The lowest BCUT2D eigenvalue weighted by Crippen LogP contribution is -2.45. The zero-order valence-electron chi connectivity index (χ0n) is 17.6. The lowest BCUT2D eigenvalue weighted by Gasteiger charge is -2.34. The van der Waals surface area contributed by atoms with Gasteiger partial charge in [0, 0.05) is 55.2 Å². The predicted octanol–water partition coefficient (Wildman–Crippen LogP) is 4.94. The van der Waals surface area contributed by atoms with Gasteiger partial charge in [-0.15, -0.1) is 11.3 Å². The second-order valence-corrected chi connectivity index (χ2v) is 8.70. The first-order valence-corrected chi connectivity index (χ1v) is 11.4. The summed E-state index contributed by atoms with van der Waals surface area (Å²) in [6.07, 6.45) is 0. The first-order valence-electron chi connectivity index (χ1n) is 10.1. The zero-order chi connectivity index (χ0) is 21.8. The van der Waals surface area contributed by atoms with Crippen LogP contribution in [0.2, 0.25) is 5.02 Å². The molecule has 31 heavy (non-hydrogen) atoms. The Morgan fingerprint density at radius 3 is 2.39 bits per heavy atom. The first-order chi connectivity index (χ1) is 15.1. The predicted molar refractivity (Wildman–Crippen MR) is 123 cm³/mol. The van der Waals surface area contributed by atoms with Gasteiger partial charge in [-0.25, -0.2) is 9.37 Å². The van der Waals surface area contributed by atoms with Crippen LogP contribution in [0.5, 0.6) is 11.5 Å². The Kier molecular flexibility index (Phi) is 7.07. The summed E-state index contributed by atoms with van der Waals surface area (Å²) in [6, 6.07) is 10.7. The largest absolute Gasteiger partial charge is 0.493 e. The van der Waals surface area contributed by atoms with Gasteiger partial charge in [-0.05, 0) is 24.3 Å². The topological polar surface area (TPSA) is 37.8 Å². The molecule has 1 aliphatic rings. The first kappa shape index (κ1) is 22.0. The van der Waals surface area contributed by atoms with Crippen molar-refractivity contribution < 1.29 is 13.9 Å². The molecule has 8 heteroatoms.